The van der Waals surface area contributed by atoms with Crippen LogP contribution < -0.4 is 9.62 Å². The quantitative estimate of drug-likeness (QED) is 0.235. The Bertz CT molecular complexity index is 1470. The van der Waals surface area contributed by atoms with Crippen molar-refractivity contribution in [2.45, 2.75) is 64.1 Å². The van der Waals surface area contributed by atoms with Crippen molar-refractivity contribution in [1.82, 2.24) is 10.2 Å². The van der Waals surface area contributed by atoms with Gasteiger partial charge in [0.1, 0.15) is 12.6 Å². The second kappa shape index (κ2) is 14.4. The number of sulfonamides is 1. The van der Waals surface area contributed by atoms with E-state index in [1.807, 2.05) is 13.8 Å². The van der Waals surface area contributed by atoms with Gasteiger partial charge in [-0.25, -0.2) is 8.42 Å². The summed E-state index contributed by atoms with van der Waals surface area (Å²) >= 11 is 19.3. The highest BCUT2D eigenvalue weighted by Crippen LogP contribution is 2.30. The fraction of sp³-hybridized carbons (Fsp3) is 0.333. The lowest BCUT2D eigenvalue weighted by Crippen LogP contribution is -2.53. The SMILES string of the molecule is CC[C@@H](C)NC(=O)[C@H](CC)N(Cc1c(Cl)cccc1Cl)C(=O)CN(c1ccc(C)c(Cl)c1)S(=O)(=O)c1ccccc1. The normalized spacial score (nSPS) is 12.9. The number of hydrogen-bond donors (Lipinski definition) is 1. The molecule has 0 spiro atoms. The zero-order valence-electron chi connectivity index (χ0n) is 23.4. The van der Waals surface area contributed by atoms with Gasteiger partial charge in [0.05, 0.1) is 10.6 Å². The van der Waals surface area contributed by atoms with Gasteiger partial charge in [-0.2, -0.15) is 0 Å². The van der Waals surface area contributed by atoms with Gasteiger partial charge in [0.25, 0.3) is 10.0 Å². The van der Waals surface area contributed by atoms with Crippen molar-refractivity contribution in [3.05, 3.63) is 92.9 Å². The van der Waals surface area contributed by atoms with Crippen molar-refractivity contribution in [3.8, 4) is 0 Å². The van der Waals surface area contributed by atoms with Gasteiger partial charge in [-0.3, -0.25) is 13.9 Å². The summed E-state index contributed by atoms with van der Waals surface area (Å²) in [6.45, 7) is 6.70. The zero-order valence-corrected chi connectivity index (χ0v) is 26.5. The predicted molar refractivity (Wildman–Crippen MR) is 166 cm³/mol. The maximum absolute atomic E-state index is 14.2. The summed E-state index contributed by atoms with van der Waals surface area (Å²) in [6.07, 6.45) is 0.974. The third-order valence-corrected chi connectivity index (χ3v) is 9.73. The van der Waals surface area contributed by atoms with Crippen molar-refractivity contribution < 1.29 is 18.0 Å². The molecule has 0 aliphatic carbocycles. The maximum atomic E-state index is 14.2. The number of carbonyl (C=O) groups excluding carboxylic acids is 2. The van der Waals surface area contributed by atoms with E-state index in [2.05, 4.69) is 5.32 Å². The van der Waals surface area contributed by atoms with Gasteiger partial charge in [-0.1, -0.05) is 79.0 Å². The van der Waals surface area contributed by atoms with Gasteiger partial charge in [0.2, 0.25) is 11.8 Å². The molecule has 3 aromatic rings. The molecule has 41 heavy (non-hydrogen) atoms. The summed E-state index contributed by atoms with van der Waals surface area (Å²) in [5.74, 6) is -0.961. The van der Waals surface area contributed by atoms with E-state index in [0.29, 0.717) is 27.1 Å². The lowest BCUT2D eigenvalue weighted by atomic mass is 10.1. The van der Waals surface area contributed by atoms with E-state index in [9.17, 15) is 18.0 Å². The van der Waals surface area contributed by atoms with Gasteiger partial charge in [0, 0.05) is 33.2 Å². The van der Waals surface area contributed by atoms with E-state index in [1.54, 1.807) is 62.4 Å². The van der Waals surface area contributed by atoms with Crippen LogP contribution in [0.2, 0.25) is 15.1 Å². The molecule has 0 unspecified atom stereocenters. The van der Waals surface area contributed by atoms with Crippen molar-refractivity contribution >= 4 is 62.3 Å². The average Bonchev–Trinajstić information content (AvgIpc) is 2.94. The molecule has 0 heterocycles. The molecule has 0 bridgehead atoms. The van der Waals surface area contributed by atoms with Crippen molar-refractivity contribution in [2.24, 2.45) is 0 Å². The molecule has 11 heteroatoms. The van der Waals surface area contributed by atoms with Gasteiger partial charge < -0.3 is 10.2 Å². The molecular formula is C30H34Cl3N3O4S. The van der Waals surface area contributed by atoms with Crippen LogP contribution in [0.4, 0.5) is 5.69 Å². The van der Waals surface area contributed by atoms with Crippen LogP contribution in [0.3, 0.4) is 0 Å². The van der Waals surface area contributed by atoms with Crippen LogP contribution in [0, 0.1) is 6.92 Å². The number of nitrogens with one attached hydrogen (secondary N) is 1. The van der Waals surface area contributed by atoms with E-state index >= 15 is 0 Å². The fourth-order valence-electron chi connectivity index (χ4n) is 4.20. The molecule has 3 rings (SSSR count). The monoisotopic (exact) mass is 637 g/mol. The van der Waals surface area contributed by atoms with Crippen LogP contribution in [0.25, 0.3) is 0 Å². The van der Waals surface area contributed by atoms with Gasteiger partial charge in [-0.15, -0.1) is 0 Å². The molecule has 0 radical (unpaired) electrons. The standard InChI is InChI=1S/C30H34Cl3N3O4S/c1-5-21(4)34-30(38)28(6-2)35(18-24-25(31)13-10-14-26(24)32)29(37)19-36(22-16-15-20(3)27(33)17-22)41(39,40)23-11-8-7-9-12-23/h7-17,21,28H,5-6,18-19H2,1-4H3,(H,34,38)/t21-,28+/m1/s1. The topological polar surface area (TPSA) is 86.8 Å². The number of anilines is 1. The van der Waals surface area contributed by atoms with E-state index in [0.717, 1.165) is 9.87 Å². The molecule has 0 saturated heterocycles. The molecule has 0 fully saturated rings. The third kappa shape index (κ3) is 7.95. The van der Waals surface area contributed by atoms with Crippen molar-refractivity contribution in [1.29, 1.82) is 0 Å². The fourth-order valence-corrected chi connectivity index (χ4v) is 6.32. The Labute approximate surface area is 257 Å². The number of rotatable bonds is 12. The first kappa shape index (κ1) is 32.7. The Kier molecular flexibility index (Phi) is 11.5. The van der Waals surface area contributed by atoms with Crippen molar-refractivity contribution in [3.63, 3.8) is 0 Å². The minimum atomic E-state index is -4.20. The van der Waals surface area contributed by atoms with Crippen LogP contribution in [-0.2, 0) is 26.2 Å². The van der Waals surface area contributed by atoms with E-state index in [4.69, 9.17) is 34.8 Å². The summed E-state index contributed by atoms with van der Waals surface area (Å²) in [5.41, 5.74) is 1.42. The first-order valence-electron chi connectivity index (χ1n) is 13.3. The molecule has 0 saturated carbocycles. The molecule has 0 aliphatic rings. The van der Waals surface area contributed by atoms with Crippen LogP contribution in [0.1, 0.15) is 44.7 Å². The third-order valence-electron chi connectivity index (χ3n) is 6.83. The first-order valence-corrected chi connectivity index (χ1v) is 15.8. The Hall–Kier alpha value is -2.78. The molecule has 0 aromatic heterocycles. The molecule has 7 nitrogen and oxygen atoms in total. The Morgan fingerprint density at radius 2 is 1.51 bits per heavy atom. The smallest absolute Gasteiger partial charge is 0.264 e. The van der Waals surface area contributed by atoms with Gasteiger partial charge in [-0.05, 0) is 68.7 Å². The summed E-state index contributed by atoms with van der Waals surface area (Å²) in [5, 5.41) is 3.94. The second-order valence-corrected chi connectivity index (χ2v) is 12.8. The molecule has 0 aliphatic heterocycles. The molecule has 3 aromatic carbocycles. The van der Waals surface area contributed by atoms with E-state index < -0.39 is 28.5 Å². The molecule has 2 atom stereocenters. The van der Waals surface area contributed by atoms with Gasteiger partial charge >= 0.3 is 0 Å². The summed E-state index contributed by atoms with van der Waals surface area (Å²) in [4.78, 5) is 28.9. The Morgan fingerprint density at radius 1 is 0.878 bits per heavy atom. The highest BCUT2D eigenvalue weighted by molar-refractivity contribution is 7.92. The number of hydrogen-bond acceptors (Lipinski definition) is 4. The second-order valence-electron chi connectivity index (χ2n) is 9.72. The highest BCUT2D eigenvalue weighted by Gasteiger charge is 2.34. The minimum Gasteiger partial charge on any atom is -0.352 e. The predicted octanol–water partition coefficient (Wildman–Crippen LogP) is 6.87. The Balaban J connectivity index is 2.11. The summed E-state index contributed by atoms with van der Waals surface area (Å²) in [6, 6.07) is 16.6. The van der Waals surface area contributed by atoms with E-state index in [-0.39, 0.29) is 35.5 Å². The lowest BCUT2D eigenvalue weighted by molar-refractivity contribution is -0.140. The van der Waals surface area contributed by atoms with Crippen LogP contribution in [0.5, 0.6) is 0 Å². The number of nitrogens with zero attached hydrogens (tertiary/aromatic N) is 2. The molecule has 1 N–H and O–H groups in total. The average molecular weight is 639 g/mol. The lowest BCUT2D eigenvalue weighted by Gasteiger charge is -2.34. The van der Waals surface area contributed by atoms with Gasteiger partial charge in [0.15, 0.2) is 0 Å². The maximum Gasteiger partial charge on any atom is 0.264 e. The van der Waals surface area contributed by atoms with Crippen LogP contribution >= 0.6 is 34.8 Å². The zero-order chi connectivity index (χ0) is 30.3. The number of benzene rings is 3. The largest absolute Gasteiger partial charge is 0.352 e. The number of aryl methyl sites for hydroxylation is 1. The first-order chi connectivity index (χ1) is 19.4. The summed E-state index contributed by atoms with van der Waals surface area (Å²) < 4.78 is 28.8. The summed E-state index contributed by atoms with van der Waals surface area (Å²) in [7, 11) is -4.20. The molecule has 2 amide bonds. The molecule has 220 valence electrons. The van der Waals surface area contributed by atoms with E-state index in [1.165, 1.54) is 23.1 Å². The Morgan fingerprint density at radius 3 is 2.07 bits per heavy atom. The van der Waals surface area contributed by atoms with Crippen LogP contribution in [-0.4, -0.2) is 43.8 Å². The number of carbonyl (C=O) groups is 2. The van der Waals surface area contributed by atoms with Crippen molar-refractivity contribution in [2.75, 3.05) is 10.8 Å². The molecular weight excluding hydrogens is 605 g/mol. The van der Waals surface area contributed by atoms with Crippen LogP contribution in [0.15, 0.2) is 71.6 Å². The minimum absolute atomic E-state index is 0.00625. The number of amides is 2. The highest BCUT2D eigenvalue weighted by atomic mass is 35.5. The number of halogens is 3.